The summed E-state index contributed by atoms with van der Waals surface area (Å²) in [6, 6.07) is 4.09. The standard InChI is InChI=1S/C10H12N2S/c1-2-5-11-8-3-6-12-9-4-7-13-10(8)9/h3-4,6-7H,2,5H2,1H3,(H,11,12). The molecule has 0 aliphatic rings. The molecule has 2 aromatic heterocycles. The Bertz CT molecular complexity index is 394. The number of anilines is 1. The normalized spacial score (nSPS) is 10.5. The van der Waals surface area contributed by atoms with Crippen LogP contribution in [-0.2, 0) is 0 Å². The maximum atomic E-state index is 4.28. The first-order valence-corrected chi connectivity index (χ1v) is 5.36. The van der Waals surface area contributed by atoms with Crippen LogP contribution < -0.4 is 5.32 Å². The molecule has 0 saturated heterocycles. The minimum absolute atomic E-state index is 1.02. The molecule has 0 aliphatic carbocycles. The predicted molar refractivity (Wildman–Crippen MR) is 58.4 cm³/mol. The summed E-state index contributed by atoms with van der Waals surface area (Å²) in [4.78, 5) is 4.28. The van der Waals surface area contributed by atoms with E-state index in [9.17, 15) is 0 Å². The predicted octanol–water partition coefficient (Wildman–Crippen LogP) is 3.12. The Balaban J connectivity index is 2.37. The summed E-state index contributed by atoms with van der Waals surface area (Å²) in [5.41, 5.74) is 2.30. The molecule has 0 aliphatic heterocycles. The molecule has 0 radical (unpaired) electrons. The van der Waals surface area contributed by atoms with Gasteiger partial charge in [-0.05, 0) is 23.9 Å². The molecule has 2 aromatic rings. The molecule has 2 heterocycles. The molecule has 13 heavy (non-hydrogen) atoms. The van der Waals surface area contributed by atoms with E-state index < -0.39 is 0 Å². The summed E-state index contributed by atoms with van der Waals surface area (Å²) < 4.78 is 1.26. The van der Waals surface area contributed by atoms with Gasteiger partial charge in [0.05, 0.1) is 15.9 Å². The lowest BCUT2D eigenvalue weighted by atomic mass is 10.3. The van der Waals surface area contributed by atoms with Gasteiger partial charge in [0.25, 0.3) is 0 Å². The average molecular weight is 192 g/mol. The number of hydrogen-bond acceptors (Lipinski definition) is 3. The first kappa shape index (κ1) is 8.51. The molecule has 0 saturated carbocycles. The van der Waals surface area contributed by atoms with Gasteiger partial charge in [0.15, 0.2) is 0 Å². The molecular formula is C10H12N2S. The number of pyridine rings is 1. The molecule has 0 fully saturated rings. The van der Waals surface area contributed by atoms with Gasteiger partial charge in [-0.15, -0.1) is 11.3 Å². The Hall–Kier alpha value is -1.09. The largest absolute Gasteiger partial charge is 0.384 e. The number of fused-ring (bicyclic) bond motifs is 1. The Morgan fingerprint density at radius 1 is 1.46 bits per heavy atom. The Morgan fingerprint density at radius 3 is 3.23 bits per heavy atom. The smallest absolute Gasteiger partial charge is 0.0830 e. The molecule has 0 unspecified atom stereocenters. The van der Waals surface area contributed by atoms with Crippen molar-refractivity contribution in [2.45, 2.75) is 13.3 Å². The van der Waals surface area contributed by atoms with E-state index in [1.165, 1.54) is 10.4 Å². The van der Waals surface area contributed by atoms with Crippen molar-refractivity contribution < 1.29 is 0 Å². The van der Waals surface area contributed by atoms with Gasteiger partial charge in [0.1, 0.15) is 0 Å². The third-order valence-electron chi connectivity index (χ3n) is 1.91. The maximum Gasteiger partial charge on any atom is 0.0830 e. The van der Waals surface area contributed by atoms with Crippen molar-refractivity contribution in [2.24, 2.45) is 0 Å². The summed E-state index contributed by atoms with van der Waals surface area (Å²) in [6.07, 6.45) is 3.00. The maximum absolute atomic E-state index is 4.28. The van der Waals surface area contributed by atoms with E-state index in [2.05, 4.69) is 28.7 Å². The van der Waals surface area contributed by atoms with Gasteiger partial charge in [0.2, 0.25) is 0 Å². The van der Waals surface area contributed by atoms with Gasteiger partial charge >= 0.3 is 0 Å². The molecule has 0 bridgehead atoms. The SMILES string of the molecule is CCCNc1ccnc2ccsc12. The van der Waals surface area contributed by atoms with Gasteiger partial charge in [-0.2, -0.15) is 0 Å². The van der Waals surface area contributed by atoms with E-state index in [1.807, 2.05) is 12.3 Å². The van der Waals surface area contributed by atoms with E-state index in [1.54, 1.807) is 11.3 Å². The zero-order valence-corrected chi connectivity index (χ0v) is 8.40. The fraction of sp³-hybridized carbons (Fsp3) is 0.300. The van der Waals surface area contributed by atoms with Gasteiger partial charge in [0, 0.05) is 12.7 Å². The van der Waals surface area contributed by atoms with Crippen LogP contribution >= 0.6 is 11.3 Å². The minimum atomic E-state index is 1.02. The topological polar surface area (TPSA) is 24.9 Å². The van der Waals surface area contributed by atoms with Crippen LogP contribution in [0.3, 0.4) is 0 Å². The zero-order chi connectivity index (χ0) is 9.10. The van der Waals surface area contributed by atoms with Gasteiger partial charge in [-0.3, -0.25) is 4.98 Å². The van der Waals surface area contributed by atoms with Crippen molar-refractivity contribution in [1.29, 1.82) is 0 Å². The molecule has 0 amide bonds. The molecule has 1 N–H and O–H groups in total. The second-order valence-electron chi connectivity index (χ2n) is 2.92. The molecule has 0 aromatic carbocycles. The third-order valence-corrected chi connectivity index (χ3v) is 2.85. The second-order valence-corrected chi connectivity index (χ2v) is 3.84. The fourth-order valence-electron chi connectivity index (χ4n) is 1.27. The lowest BCUT2D eigenvalue weighted by molar-refractivity contribution is 0.981. The number of nitrogens with one attached hydrogen (secondary N) is 1. The fourth-order valence-corrected chi connectivity index (χ4v) is 2.11. The monoisotopic (exact) mass is 192 g/mol. The van der Waals surface area contributed by atoms with E-state index >= 15 is 0 Å². The second kappa shape index (κ2) is 3.75. The van der Waals surface area contributed by atoms with E-state index in [-0.39, 0.29) is 0 Å². The summed E-state index contributed by atoms with van der Waals surface area (Å²) in [5, 5.41) is 5.47. The van der Waals surface area contributed by atoms with Crippen LogP contribution in [0.1, 0.15) is 13.3 Å². The van der Waals surface area contributed by atoms with E-state index in [0.29, 0.717) is 0 Å². The highest BCUT2D eigenvalue weighted by Gasteiger charge is 2.00. The van der Waals surface area contributed by atoms with Crippen LogP contribution in [0.5, 0.6) is 0 Å². The molecule has 2 nitrogen and oxygen atoms in total. The van der Waals surface area contributed by atoms with Gasteiger partial charge < -0.3 is 5.32 Å². The van der Waals surface area contributed by atoms with Gasteiger partial charge in [-0.1, -0.05) is 6.92 Å². The summed E-state index contributed by atoms with van der Waals surface area (Å²) in [5.74, 6) is 0. The Labute approximate surface area is 81.6 Å². The summed E-state index contributed by atoms with van der Waals surface area (Å²) in [7, 11) is 0. The highest BCUT2D eigenvalue weighted by Crippen LogP contribution is 2.26. The van der Waals surface area contributed by atoms with Crippen molar-refractivity contribution in [3.05, 3.63) is 23.7 Å². The van der Waals surface area contributed by atoms with Gasteiger partial charge in [-0.25, -0.2) is 0 Å². The highest BCUT2D eigenvalue weighted by atomic mass is 32.1. The van der Waals surface area contributed by atoms with E-state index in [0.717, 1.165) is 18.5 Å². The van der Waals surface area contributed by atoms with Crippen molar-refractivity contribution in [1.82, 2.24) is 4.98 Å². The Kier molecular flexibility index (Phi) is 2.45. The lowest BCUT2D eigenvalue weighted by Gasteiger charge is -2.04. The first-order chi connectivity index (χ1) is 6.42. The number of aromatic nitrogens is 1. The number of hydrogen-bond donors (Lipinski definition) is 1. The molecule has 0 atom stereocenters. The number of thiophene rings is 1. The molecule has 2 rings (SSSR count). The summed E-state index contributed by atoms with van der Waals surface area (Å²) >= 11 is 1.74. The van der Waals surface area contributed by atoms with Crippen LogP contribution in [0.15, 0.2) is 23.7 Å². The number of rotatable bonds is 3. The lowest BCUT2D eigenvalue weighted by Crippen LogP contribution is -1.99. The van der Waals surface area contributed by atoms with E-state index in [4.69, 9.17) is 0 Å². The zero-order valence-electron chi connectivity index (χ0n) is 7.58. The van der Waals surface area contributed by atoms with Crippen LogP contribution in [0.4, 0.5) is 5.69 Å². The minimum Gasteiger partial charge on any atom is -0.384 e. The third kappa shape index (κ3) is 1.65. The van der Waals surface area contributed by atoms with Crippen LogP contribution in [0.25, 0.3) is 10.2 Å². The van der Waals surface area contributed by atoms with Crippen molar-refractivity contribution >= 4 is 27.2 Å². The molecular weight excluding hydrogens is 180 g/mol. The average Bonchev–Trinajstić information content (AvgIpc) is 2.62. The van der Waals surface area contributed by atoms with Crippen molar-refractivity contribution in [2.75, 3.05) is 11.9 Å². The first-order valence-electron chi connectivity index (χ1n) is 4.48. The molecule has 3 heteroatoms. The molecule has 0 spiro atoms. The quantitative estimate of drug-likeness (QED) is 0.808. The van der Waals surface area contributed by atoms with Crippen molar-refractivity contribution in [3.8, 4) is 0 Å². The highest BCUT2D eigenvalue weighted by molar-refractivity contribution is 7.17. The number of nitrogens with zero attached hydrogens (tertiary/aromatic N) is 1. The van der Waals surface area contributed by atoms with Crippen LogP contribution in [0, 0.1) is 0 Å². The van der Waals surface area contributed by atoms with Crippen molar-refractivity contribution in [3.63, 3.8) is 0 Å². The van der Waals surface area contributed by atoms with Crippen LogP contribution in [-0.4, -0.2) is 11.5 Å². The molecule has 68 valence electrons. The summed E-state index contributed by atoms with van der Waals surface area (Å²) in [6.45, 7) is 3.19. The Morgan fingerprint density at radius 2 is 2.38 bits per heavy atom. The van der Waals surface area contributed by atoms with Crippen LogP contribution in [0.2, 0.25) is 0 Å².